The van der Waals surface area contributed by atoms with E-state index in [9.17, 15) is 0 Å². The minimum atomic E-state index is 0.0368. The summed E-state index contributed by atoms with van der Waals surface area (Å²) in [6, 6.07) is 10.2. The summed E-state index contributed by atoms with van der Waals surface area (Å²) in [5, 5.41) is 7.99. The maximum atomic E-state index is 6.01. The fraction of sp³-hybridized carbons (Fsp3) is 0.520. The number of piperidine rings is 1. The summed E-state index contributed by atoms with van der Waals surface area (Å²) >= 11 is 0. The first-order valence-electron chi connectivity index (χ1n) is 11.7. The number of hydrogen-bond donors (Lipinski definition) is 2. The van der Waals surface area contributed by atoms with Crippen molar-refractivity contribution in [3.05, 3.63) is 53.4 Å². The van der Waals surface area contributed by atoms with E-state index in [-0.39, 0.29) is 6.04 Å². The van der Waals surface area contributed by atoms with Crippen LogP contribution < -0.4 is 10.6 Å². The highest BCUT2D eigenvalue weighted by Gasteiger charge is 2.21. The average Bonchev–Trinajstić information content (AvgIpc) is 3.36. The van der Waals surface area contributed by atoms with Crippen molar-refractivity contribution in [3.63, 3.8) is 0 Å². The second-order valence-corrected chi connectivity index (χ2v) is 8.74. The van der Waals surface area contributed by atoms with Gasteiger partial charge < -0.3 is 19.5 Å². The van der Waals surface area contributed by atoms with Gasteiger partial charge in [-0.2, -0.15) is 0 Å². The van der Waals surface area contributed by atoms with Crippen molar-refractivity contribution < 1.29 is 8.83 Å². The van der Waals surface area contributed by atoms with Gasteiger partial charge in [0.1, 0.15) is 17.1 Å². The molecule has 1 aliphatic heterocycles. The van der Waals surface area contributed by atoms with Crippen LogP contribution in [0.25, 0.3) is 11.0 Å². The zero-order valence-corrected chi connectivity index (χ0v) is 19.6. The van der Waals surface area contributed by atoms with Gasteiger partial charge in [0.05, 0.1) is 18.3 Å². The first-order valence-corrected chi connectivity index (χ1v) is 11.7. The first-order chi connectivity index (χ1) is 15.5. The number of aromatic nitrogens is 1. The van der Waals surface area contributed by atoms with Crippen molar-refractivity contribution in [2.75, 3.05) is 26.2 Å². The Balaban J connectivity index is 1.29. The van der Waals surface area contributed by atoms with Gasteiger partial charge in [-0.3, -0.25) is 9.89 Å². The Morgan fingerprint density at radius 1 is 1.22 bits per heavy atom. The number of rotatable bonds is 7. The van der Waals surface area contributed by atoms with Gasteiger partial charge in [-0.15, -0.1) is 0 Å². The lowest BCUT2D eigenvalue weighted by Crippen LogP contribution is -2.39. The van der Waals surface area contributed by atoms with Crippen molar-refractivity contribution in [1.29, 1.82) is 0 Å². The molecule has 0 aliphatic carbocycles. The number of para-hydroxylation sites is 1. The summed E-state index contributed by atoms with van der Waals surface area (Å²) in [6.45, 7) is 12.7. The molecular weight excluding hydrogens is 402 g/mol. The number of hydrogen-bond acceptors (Lipinski definition) is 5. The maximum Gasteiger partial charge on any atom is 0.208 e. The summed E-state index contributed by atoms with van der Waals surface area (Å²) in [5.74, 6) is 4.10. The van der Waals surface area contributed by atoms with Gasteiger partial charge >= 0.3 is 0 Å². The van der Waals surface area contributed by atoms with Gasteiger partial charge in [0.15, 0.2) is 5.96 Å². The SMILES string of the molecule is CCNC(=NCC1CCN(Cc2nc(C)c(C)o2)CC1)NC(C)c1cc2ccccc2o1. The average molecular weight is 438 g/mol. The lowest BCUT2D eigenvalue weighted by molar-refractivity contribution is 0.166. The summed E-state index contributed by atoms with van der Waals surface area (Å²) < 4.78 is 11.8. The molecule has 0 saturated carbocycles. The van der Waals surface area contributed by atoms with E-state index in [2.05, 4.69) is 46.5 Å². The second-order valence-electron chi connectivity index (χ2n) is 8.74. The Kier molecular flexibility index (Phi) is 7.15. The highest BCUT2D eigenvalue weighted by atomic mass is 16.4. The fourth-order valence-electron chi connectivity index (χ4n) is 4.16. The van der Waals surface area contributed by atoms with E-state index in [1.807, 2.05) is 32.0 Å². The highest BCUT2D eigenvalue weighted by molar-refractivity contribution is 5.81. The number of oxazole rings is 1. The van der Waals surface area contributed by atoms with E-state index in [0.717, 1.165) is 85.6 Å². The van der Waals surface area contributed by atoms with Crippen molar-refractivity contribution in [3.8, 4) is 0 Å². The summed E-state index contributed by atoms with van der Waals surface area (Å²) in [4.78, 5) is 11.8. The number of aliphatic imine (C=N–C) groups is 1. The molecule has 0 radical (unpaired) electrons. The maximum absolute atomic E-state index is 6.01. The normalized spacial score (nSPS) is 17.1. The van der Waals surface area contributed by atoms with Crippen LogP contribution in [-0.4, -0.2) is 42.0 Å². The largest absolute Gasteiger partial charge is 0.459 e. The molecule has 1 unspecified atom stereocenters. The molecular formula is C25H35N5O2. The van der Waals surface area contributed by atoms with E-state index < -0.39 is 0 Å². The molecule has 3 aromatic rings. The Labute approximate surface area is 190 Å². The van der Waals surface area contributed by atoms with Crippen LogP contribution >= 0.6 is 0 Å². The van der Waals surface area contributed by atoms with Crippen LogP contribution in [0.15, 0.2) is 44.2 Å². The lowest BCUT2D eigenvalue weighted by atomic mass is 9.97. The summed E-state index contributed by atoms with van der Waals surface area (Å²) in [5.41, 5.74) is 1.91. The summed E-state index contributed by atoms with van der Waals surface area (Å²) in [7, 11) is 0. The third-order valence-electron chi connectivity index (χ3n) is 6.22. The van der Waals surface area contributed by atoms with E-state index in [1.165, 1.54) is 0 Å². The molecule has 32 heavy (non-hydrogen) atoms. The number of fused-ring (bicyclic) bond motifs is 1. The van der Waals surface area contributed by atoms with Gasteiger partial charge in [-0.05, 0) is 71.7 Å². The van der Waals surface area contributed by atoms with E-state index in [4.69, 9.17) is 13.8 Å². The zero-order valence-electron chi connectivity index (χ0n) is 19.6. The van der Waals surface area contributed by atoms with Crippen LogP contribution in [0.3, 0.4) is 0 Å². The molecule has 4 rings (SSSR count). The number of furan rings is 1. The Bertz CT molecular complexity index is 993. The minimum absolute atomic E-state index is 0.0368. The molecule has 1 saturated heterocycles. The lowest BCUT2D eigenvalue weighted by Gasteiger charge is -2.30. The van der Waals surface area contributed by atoms with Gasteiger partial charge in [-0.25, -0.2) is 4.98 Å². The molecule has 1 atom stereocenters. The van der Waals surface area contributed by atoms with Gasteiger partial charge in [0.2, 0.25) is 5.89 Å². The monoisotopic (exact) mass is 437 g/mol. The number of likely N-dealkylation sites (tertiary alicyclic amines) is 1. The zero-order chi connectivity index (χ0) is 22.5. The first kappa shape index (κ1) is 22.4. The van der Waals surface area contributed by atoms with Crippen molar-refractivity contribution >= 4 is 16.9 Å². The topological polar surface area (TPSA) is 78.8 Å². The Morgan fingerprint density at radius 2 is 2.00 bits per heavy atom. The molecule has 2 aromatic heterocycles. The van der Waals surface area contributed by atoms with Gasteiger partial charge in [0, 0.05) is 18.5 Å². The third kappa shape index (κ3) is 5.51. The predicted octanol–water partition coefficient (Wildman–Crippen LogP) is 4.57. The van der Waals surface area contributed by atoms with E-state index in [0.29, 0.717) is 5.92 Å². The molecule has 0 spiro atoms. The third-order valence-corrected chi connectivity index (χ3v) is 6.22. The van der Waals surface area contributed by atoms with Gasteiger partial charge in [-0.1, -0.05) is 18.2 Å². The second kappa shape index (κ2) is 10.2. The number of guanidine groups is 1. The van der Waals surface area contributed by atoms with Crippen LogP contribution in [-0.2, 0) is 6.54 Å². The van der Waals surface area contributed by atoms with Crippen LogP contribution in [0.2, 0.25) is 0 Å². The molecule has 7 heteroatoms. The Morgan fingerprint density at radius 3 is 2.69 bits per heavy atom. The molecule has 3 heterocycles. The molecule has 1 aromatic carbocycles. The van der Waals surface area contributed by atoms with Crippen LogP contribution in [0, 0.1) is 19.8 Å². The highest BCUT2D eigenvalue weighted by Crippen LogP contribution is 2.24. The number of benzene rings is 1. The van der Waals surface area contributed by atoms with Crippen LogP contribution in [0.5, 0.6) is 0 Å². The van der Waals surface area contributed by atoms with Crippen LogP contribution in [0.1, 0.15) is 55.8 Å². The van der Waals surface area contributed by atoms with E-state index in [1.54, 1.807) is 0 Å². The molecule has 0 amide bonds. The molecule has 1 aliphatic rings. The molecule has 7 nitrogen and oxygen atoms in total. The van der Waals surface area contributed by atoms with Gasteiger partial charge in [0.25, 0.3) is 0 Å². The van der Waals surface area contributed by atoms with Crippen molar-refractivity contribution in [2.24, 2.45) is 10.9 Å². The van der Waals surface area contributed by atoms with Crippen molar-refractivity contribution in [1.82, 2.24) is 20.5 Å². The fourth-order valence-corrected chi connectivity index (χ4v) is 4.16. The molecule has 172 valence electrons. The smallest absolute Gasteiger partial charge is 0.208 e. The van der Waals surface area contributed by atoms with Crippen molar-refractivity contribution in [2.45, 2.75) is 53.1 Å². The Hall–Kier alpha value is -2.80. The summed E-state index contributed by atoms with van der Waals surface area (Å²) in [6.07, 6.45) is 2.28. The number of nitrogens with one attached hydrogen (secondary N) is 2. The molecule has 0 bridgehead atoms. The quantitative estimate of drug-likeness (QED) is 0.417. The standard InChI is InChI=1S/C25H35N5O2/c1-5-26-25(29-18(3)23-14-21-8-6-7-9-22(21)32-23)27-15-20-10-12-30(13-11-20)16-24-28-17(2)19(4)31-24/h6-9,14,18,20H,5,10-13,15-16H2,1-4H3,(H2,26,27,29). The van der Waals surface area contributed by atoms with E-state index >= 15 is 0 Å². The molecule has 1 fully saturated rings. The van der Waals surface area contributed by atoms with Crippen LogP contribution in [0.4, 0.5) is 0 Å². The number of nitrogens with zero attached hydrogens (tertiary/aromatic N) is 3. The molecule has 2 N–H and O–H groups in total. The number of aryl methyl sites for hydroxylation is 2. The minimum Gasteiger partial charge on any atom is -0.459 e. The predicted molar refractivity (Wildman–Crippen MR) is 128 cm³/mol.